The molecule has 1 atom stereocenters. The molecule has 2 amide bonds. The number of aliphatic carboxylic acids is 1. The van der Waals surface area contributed by atoms with E-state index in [1.54, 1.807) is 24.3 Å². The summed E-state index contributed by atoms with van der Waals surface area (Å²) in [5.41, 5.74) is 0.824. The van der Waals surface area contributed by atoms with Crippen LogP contribution in [0.5, 0.6) is 0 Å². The summed E-state index contributed by atoms with van der Waals surface area (Å²) in [6.45, 7) is 0.736. The Hall–Kier alpha value is -2.55. The lowest BCUT2D eigenvalue weighted by Crippen LogP contribution is -2.44. The van der Waals surface area contributed by atoms with Crippen LogP contribution in [0.4, 0.5) is 10.5 Å². The number of nitrogens with zero attached hydrogens (tertiary/aromatic N) is 2. The SMILES string of the molecule is N#Cc1ccccc1NC(=O)N1CCC[C@H](C(=O)O)C1. The molecule has 1 aliphatic rings. The van der Waals surface area contributed by atoms with Gasteiger partial charge in [-0.05, 0) is 25.0 Å². The second-order valence-electron chi connectivity index (χ2n) is 4.71. The van der Waals surface area contributed by atoms with E-state index in [4.69, 9.17) is 10.4 Å². The van der Waals surface area contributed by atoms with E-state index in [1.807, 2.05) is 6.07 Å². The summed E-state index contributed by atoms with van der Waals surface area (Å²) in [5.74, 6) is -1.39. The highest BCUT2D eigenvalue weighted by Gasteiger charge is 2.28. The van der Waals surface area contributed by atoms with Crippen molar-refractivity contribution in [2.45, 2.75) is 12.8 Å². The zero-order valence-electron chi connectivity index (χ0n) is 10.9. The zero-order chi connectivity index (χ0) is 14.5. The van der Waals surface area contributed by atoms with Crippen LogP contribution in [0.2, 0.25) is 0 Å². The summed E-state index contributed by atoms with van der Waals surface area (Å²) in [7, 11) is 0. The standard InChI is InChI=1S/C14H15N3O3/c15-8-10-4-1-2-6-12(10)16-14(20)17-7-3-5-11(9-17)13(18)19/h1-2,4,6,11H,3,5,7,9H2,(H,16,20)(H,18,19)/t11-/m0/s1. The van der Waals surface area contributed by atoms with Crippen molar-refractivity contribution in [2.24, 2.45) is 5.92 Å². The molecule has 2 rings (SSSR count). The number of carboxylic acid groups (broad SMARTS) is 1. The fourth-order valence-corrected chi connectivity index (χ4v) is 2.25. The number of carboxylic acids is 1. The van der Waals surface area contributed by atoms with E-state index in [1.165, 1.54) is 4.90 Å². The van der Waals surface area contributed by atoms with Crippen LogP contribution in [0.1, 0.15) is 18.4 Å². The fourth-order valence-electron chi connectivity index (χ4n) is 2.25. The van der Waals surface area contributed by atoms with Crippen LogP contribution in [0, 0.1) is 17.2 Å². The molecule has 2 N–H and O–H groups in total. The van der Waals surface area contributed by atoms with Gasteiger partial charge in [-0.3, -0.25) is 4.79 Å². The highest BCUT2D eigenvalue weighted by Crippen LogP contribution is 2.19. The van der Waals surface area contributed by atoms with E-state index in [-0.39, 0.29) is 12.6 Å². The second kappa shape index (κ2) is 6.06. The van der Waals surface area contributed by atoms with Crippen LogP contribution in [-0.4, -0.2) is 35.1 Å². The van der Waals surface area contributed by atoms with Crippen molar-refractivity contribution in [3.63, 3.8) is 0 Å². The van der Waals surface area contributed by atoms with E-state index in [2.05, 4.69) is 5.32 Å². The maximum atomic E-state index is 12.1. The summed E-state index contributed by atoms with van der Waals surface area (Å²) < 4.78 is 0. The number of carbonyl (C=O) groups is 2. The van der Waals surface area contributed by atoms with Gasteiger partial charge in [-0.25, -0.2) is 4.79 Å². The number of carbonyl (C=O) groups excluding carboxylic acids is 1. The van der Waals surface area contributed by atoms with Crippen molar-refractivity contribution < 1.29 is 14.7 Å². The number of nitrogens with one attached hydrogen (secondary N) is 1. The Labute approximate surface area is 116 Å². The number of para-hydroxylation sites is 1. The van der Waals surface area contributed by atoms with Crippen LogP contribution in [0.3, 0.4) is 0 Å². The molecular weight excluding hydrogens is 258 g/mol. The molecule has 0 saturated carbocycles. The molecule has 1 heterocycles. The highest BCUT2D eigenvalue weighted by atomic mass is 16.4. The van der Waals surface area contributed by atoms with Crippen molar-refractivity contribution in [2.75, 3.05) is 18.4 Å². The Morgan fingerprint density at radius 1 is 1.40 bits per heavy atom. The minimum Gasteiger partial charge on any atom is -0.481 e. The van der Waals surface area contributed by atoms with Gasteiger partial charge in [-0.1, -0.05) is 12.1 Å². The Bertz CT molecular complexity index is 565. The molecule has 0 bridgehead atoms. The summed E-state index contributed by atoms with van der Waals surface area (Å²) in [5, 5.41) is 20.6. The van der Waals surface area contributed by atoms with Gasteiger partial charge in [0, 0.05) is 13.1 Å². The summed E-state index contributed by atoms with van der Waals surface area (Å²) >= 11 is 0. The third-order valence-corrected chi connectivity index (χ3v) is 3.35. The smallest absolute Gasteiger partial charge is 0.321 e. The van der Waals surface area contributed by atoms with Crippen molar-refractivity contribution >= 4 is 17.7 Å². The van der Waals surface area contributed by atoms with Gasteiger partial charge in [-0.15, -0.1) is 0 Å². The number of urea groups is 1. The molecule has 0 aliphatic carbocycles. The monoisotopic (exact) mass is 273 g/mol. The van der Waals surface area contributed by atoms with Gasteiger partial charge in [0.2, 0.25) is 0 Å². The van der Waals surface area contributed by atoms with Crippen LogP contribution < -0.4 is 5.32 Å². The maximum Gasteiger partial charge on any atom is 0.321 e. The van der Waals surface area contributed by atoms with Gasteiger partial charge < -0.3 is 15.3 Å². The lowest BCUT2D eigenvalue weighted by Gasteiger charge is -2.30. The molecule has 0 unspecified atom stereocenters. The molecule has 1 saturated heterocycles. The number of rotatable bonds is 2. The van der Waals surface area contributed by atoms with Crippen molar-refractivity contribution in [3.8, 4) is 6.07 Å². The maximum absolute atomic E-state index is 12.1. The number of anilines is 1. The highest BCUT2D eigenvalue weighted by molar-refractivity contribution is 5.91. The first-order valence-corrected chi connectivity index (χ1v) is 6.39. The number of amides is 2. The quantitative estimate of drug-likeness (QED) is 0.860. The third kappa shape index (κ3) is 3.06. The number of nitriles is 1. The molecule has 0 radical (unpaired) electrons. The van der Waals surface area contributed by atoms with Crippen LogP contribution in [0.25, 0.3) is 0 Å². The molecule has 1 aliphatic heterocycles. The average molecular weight is 273 g/mol. The van der Waals surface area contributed by atoms with E-state index in [0.29, 0.717) is 30.6 Å². The van der Waals surface area contributed by atoms with Crippen molar-refractivity contribution in [1.29, 1.82) is 5.26 Å². The van der Waals surface area contributed by atoms with Gasteiger partial charge >= 0.3 is 12.0 Å². The largest absolute Gasteiger partial charge is 0.481 e. The van der Waals surface area contributed by atoms with E-state index in [0.717, 1.165) is 0 Å². The van der Waals surface area contributed by atoms with E-state index >= 15 is 0 Å². The van der Waals surface area contributed by atoms with Gasteiger partial charge in [0.05, 0.1) is 17.2 Å². The predicted molar refractivity (Wildman–Crippen MR) is 72.1 cm³/mol. The Morgan fingerprint density at radius 3 is 2.85 bits per heavy atom. The number of benzene rings is 1. The van der Waals surface area contributed by atoms with Gasteiger partial charge in [0.15, 0.2) is 0 Å². The van der Waals surface area contributed by atoms with Crippen molar-refractivity contribution in [1.82, 2.24) is 4.90 Å². The number of hydrogen-bond donors (Lipinski definition) is 2. The number of hydrogen-bond acceptors (Lipinski definition) is 3. The van der Waals surface area contributed by atoms with Gasteiger partial charge in [0.1, 0.15) is 6.07 Å². The Balaban J connectivity index is 2.05. The first-order chi connectivity index (χ1) is 9.61. The summed E-state index contributed by atoms with van der Waals surface area (Å²) in [6.07, 6.45) is 1.26. The van der Waals surface area contributed by atoms with E-state index in [9.17, 15) is 9.59 Å². The van der Waals surface area contributed by atoms with Crippen LogP contribution in [-0.2, 0) is 4.79 Å². The minimum absolute atomic E-state index is 0.204. The molecule has 1 fully saturated rings. The van der Waals surface area contributed by atoms with Crippen LogP contribution in [0.15, 0.2) is 24.3 Å². The van der Waals surface area contributed by atoms with Crippen LogP contribution >= 0.6 is 0 Å². The lowest BCUT2D eigenvalue weighted by molar-refractivity contribution is -0.143. The molecule has 1 aromatic rings. The normalized spacial score (nSPS) is 18.1. The lowest BCUT2D eigenvalue weighted by atomic mass is 9.99. The Kier molecular flexibility index (Phi) is 4.20. The molecule has 1 aromatic carbocycles. The predicted octanol–water partition coefficient (Wildman–Crippen LogP) is 1.89. The molecule has 104 valence electrons. The third-order valence-electron chi connectivity index (χ3n) is 3.35. The number of likely N-dealkylation sites (tertiary alicyclic amines) is 1. The molecular formula is C14H15N3O3. The molecule has 0 spiro atoms. The topological polar surface area (TPSA) is 93.4 Å². The first-order valence-electron chi connectivity index (χ1n) is 6.39. The second-order valence-corrected chi connectivity index (χ2v) is 4.71. The van der Waals surface area contributed by atoms with Gasteiger partial charge in [0.25, 0.3) is 0 Å². The number of piperidine rings is 1. The fraction of sp³-hybridized carbons (Fsp3) is 0.357. The minimum atomic E-state index is -0.875. The first kappa shape index (κ1) is 13.9. The molecule has 20 heavy (non-hydrogen) atoms. The van der Waals surface area contributed by atoms with Gasteiger partial charge in [-0.2, -0.15) is 5.26 Å². The molecule has 0 aromatic heterocycles. The molecule has 6 nitrogen and oxygen atoms in total. The molecule has 6 heteroatoms. The summed E-state index contributed by atoms with van der Waals surface area (Å²) in [4.78, 5) is 24.6. The van der Waals surface area contributed by atoms with E-state index < -0.39 is 11.9 Å². The zero-order valence-corrected chi connectivity index (χ0v) is 10.9. The average Bonchev–Trinajstić information content (AvgIpc) is 2.48. The Morgan fingerprint density at radius 2 is 2.15 bits per heavy atom. The van der Waals surface area contributed by atoms with Crippen molar-refractivity contribution in [3.05, 3.63) is 29.8 Å². The summed E-state index contributed by atoms with van der Waals surface area (Å²) in [6, 6.07) is 8.35.